The topological polar surface area (TPSA) is 33.0 Å². The fourth-order valence-electron chi connectivity index (χ4n) is 2.11. The third kappa shape index (κ3) is 3.61. The van der Waals surface area contributed by atoms with Gasteiger partial charge in [-0.05, 0) is 35.7 Å². The summed E-state index contributed by atoms with van der Waals surface area (Å²) in [6, 6.07) is 17.8. The first-order valence-electron chi connectivity index (χ1n) is 7.07. The van der Waals surface area contributed by atoms with Gasteiger partial charge in [0.1, 0.15) is 5.75 Å². The highest BCUT2D eigenvalue weighted by Crippen LogP contribution is 2.25. The molecule has 2 rings (SSSR count). The SMILES string of the molecule is CCCCCOc1ccc(-c2ccccc2C#N)cc1. The minimum atomic E-state index is 0.698. The van der Waals surface area contributed by atoms with Gasteiger partial charge in [0.2, 0.25) is 0 Å². The molecule has 0 fully saturated rings. The molecule has 2 nitrogen and oxygen atoms in total. The summed E-state index contributed by atoms with van der Waals surface area (Å²) in [5.74, 6) is 0.888. The molecule has 0 aliphatic rings. The molecule has 0 heterocycles. The van der Waals surface area contributed by atoms with Crippen molar-refractivity contribution in [3.05, 3.63) is 54.1 Å². The second kappa shape index (κ2) is 7.35. The summed E-state index contributed by atoms with van der Waals surface area (Å²) in [5, 5.41) is 9.13. The van der Waals surface area contributed by atoms with Gasteiger partial charge in [0.25, 0.3) is 0 Å². The number of hydrogen-bond donors (Lipinski definition) is 0. The Kier molecular flexibility index (Phi) is 5.20. The molecule has 0 radical (unpaired) electrons. The van der Waals surface area contributed by atoms with Crippen LogP contribution >= 0.6 is 0 Å². The first-order chi connectivity index (χ1) is 9.85. The minimum absolute atomic E-state index is 0.698. The normalized spacial score (nSPS) is 10.0. The highest BCUT2D eigenvalue weighted by atomic mass is 16.5. The van der Waals surface area contributed by atoms with Gasteiger partial charge in [-0.1, -0.05) is 50.1 Å². The fourth-order valence-corrected chi connectivity index (χ4v) is 2.11. The lowest BCUT2D eigenvalue weighted by Gasteiger charge is -2.08. The fraction of sp³-hybridized carbons (Fsp3) is 0.278. The summed E-state index contributed by atoms with van der Waals surface area (Å²) < 4.78 is 5.69. The summed E-state index contributed by atoms with van der Waals surface area (Å²) in [6.45, 7) is 2.95. The van der Waals surface area contributed by atoms with Crippen LogP contribution in [0.5, 0.6) is 5.75 Å². The van der Waals surface area contributed by atoms with Gasteiger partial charge in [0.15, 0.2) is 0 Å². The lowest BCUT2D eigenvalue weighted by atomic mass is 10.0. The van der Waals surface area contributed by atoms with E-state index >= 15 is 0 Å². The Bertz CT molecular complexity index is 581. The first kappa shape index (κ1) is 14.1. The summed E-state index contributed by atoms with van der Waals surface area (Å²) in [5.41, 5.74) is 2.71. The van der Waals surface area contributed by atoms with Gasteiger partial charge in [-0.25, -0.2) is 0 Å². The standard InChI is InChI=1S/C18H19NO/c1-2-3-6-13-20-17-11-9-15(10-12-17)18-8-5-4-7-16(18)14-19/h4-5,7-12H,2-3,6,13H2,1H3. The van der Waals surface area contributed by atoms with E-state index in [1.165, 1.54) is 12.8 Å². The van der Waals surface area contributed by atoms with Gasteiger partial charge in [0.05, 0.1) is 18.2 Å². The second-order valence-electron chi connectivity index (χ2n) is 4.74. The third-order valence-corrected chi connectivity index (χ3v) is 3.23. The summed E-state index contributed by atoms with van der Waals surface area (Å²) >= 11 is 0. The highest BCUT2D eigenvalue weighted by Gasteiger charge is 2.03. The molecule has 2 heteroatoms. The quantitative estimate of drug-likeness (QED) is 0.703. The molecule has 0 saturated carbocycles. The maximum atomic E-state index is 9.13. The van der Waals surface area contributed by atoms with Crippen molar-refractivity contribution < 1.29 is 4.74 Å². The third-order valence-electron chi connectivity index (χ3n) is 3.23. The molecule has 0 aliphatic heterocycles. The maximum absolute atomic E-state index is 9.13. The van der Waals surface area contributed by atoms with Crippen molar-refractivity contribution >= 4 is 0 Å². The molecule has 0 aliphatic carbocycles. The molecule has 0 unspecified atom stereocenters. The zero-order valence-corrected chi connectivity index (χ0v) is 11.8. The van der Waals surface area contributed by atoms with Crippen molar-refractivity contribution in [3.8, 4) is 22.9 Å². The van der Waals surface area contributed by atoms with E-state index in [1.807, 2.05) is 48.5 Å². The average molecular weight is 265 g/mol. The smallest absolute Gasteiger partial charge is 0.119 e. The van der Waals surface area contributed by atoms with Crippen molar-refractivity contribution in [2.45, 2.75) is 26.2 Å². The Balaban J connectivity index is 2.06. The summed E-state index contributed by atoms with van der Waals surface area (Å²) in [7, 11) is 0. The van der Waals surface area contributed by atoms with Crippen LogP contribution in [0.2, 0.25) is 0 Å². The zero-order chi connectivity index (χ0) is 14.2. The Labute approximate surface area is 120 Å². The Morgan fingerprint density at radius 3 is 2.45 bits per heavy atom. The van der Waals surface area contributed by atoms with Gasteiger partial charge < -0.3 is 4.74 Å². The summed E-state index contributed by atoms with van der Waals surface area (Å²) in [6.07, 6.45) is 3.50. The minimum Gasteiger partial charge on any atom is -0.494 e. The van der Waals surface area contributed by atoms with Crippen LogP contribution in [0.15, 0.2) is 48.5 Å². The van der Waals surface area contributed by atoms with Crippen LogP contribution in [0.25, 0.3) is 11.1 Å². The van der Waals surface area contributed by atoms with Crippen LogP contribution in [0.1, 0.15) is 31.7 Å². The predicted molar refractivity (Wildman–Crippen MR) is 81.6 cm³/mol. The van der Waals surface area contributed by atoms with Gasteiger partial charge in [-0.3, -0.25) is 0 Å². The van der Waals surface area contributed by atoms with Crippen LogP contribution in [0, 0.1) is 11.3 Å². The number of nitriles is 1. The number of benzene rings is 2. The van der Waals surface area contributed by atoms with E-state index in [2.05, 4.69) is 13.0 Å². The zero-order valence-electron chi connectivity index (χ0n) is 11.8. The number of hydrogen-bond acceptors (Lipinski definition) is 2. The van der Waals surface area contributed by atoms with Crippen molar-refractivity contribution in [2.24, 2.45) is 0 Å². The predicted octanol–water partition coefficient (Wildman–Crippen LogP) is 4.79. The number of unbranched alkanes of at least 4 members (excludes halogenated alkanes) is 2. The van der Waals surface area contributed by atoms with Gasteiger partial charge in [-0.2, -0.15) is 5.26 Å². The maximum Gasteiger partial charge on any atom is 0.119 e. The first-order valence-corrected chi connectivity index (χ1v) is 7.07. The molecule has 0 N–H and O–H groups in total. The molecule has 0 atom stereocenters. The molecule has 20 heavy (non-hydrogen) atoms. The van der Waals surface area contributed by atoms with E-state index in [1.54, 1.807) is 0 Å². The van der Waals surface area contributed by atoms with Crippen molar-refractivity contribution in [2.75, 3.05) is 6.61 Å². The molecular formula is C18H19NO. The van der Waals surface area contributed by atoms with E-state index in [-0.39, 0.29) is 0 Å². The van der Waals surface area contributed by atoms with Gasteiger partial charge >= 0.3 is 0 Å². The largest absolute Gasteiger partial charge is 0.494 e. The monoisotopic (exact) mass is 265 g/mol. The molecule has 0 aromatic heterocycles. The molecule has 2 aromatic rings. The number of nitrogens with zero attached hydrogens (tertiary/aromatic N) is 1. The van der Waals surface area contributed by atoms with E-state index in [0.29, 0.717) is 5.56 Å². The molecular weight excluding hydrogens is 246 g/mol. The van der Waals surface area contributed by atoms with Crippen LogP contribution in [-0.4, -0.2) is 6.61 Å². The molecule has 0 saturated heterocycles. The second-order valence-corrected chi connectivity index (χ2v) is 4.74. The van der Waals surface area contributed by atoms with Crippen molar-refractivity contribution in [1.82, 2.24) is 0 Å². The molecule has 0 amide bonds. The van der Waals surface area contributed by atoms with Gasteiger partial charge in [-0.15, -0.1) is 0 Å². The lowest BCUT2D eigenvalue weighted by Crippen LogP contribution is -1.96. The Hall–Kier alpha value is -2.27. The highest BCUT2D eigenvalue weighted by molar-refractivity contribution is 5.70. The molecule has 0 bridgehead atoms. The average Bonchev–Trinajstić information content (AvgIpc) is 2.52. The molecule has 0 spiro atoms. The van der Waals surface area contributed by atoms with Crippen LogP contribution in [0.3, 0.4) is 0 Å². The van der Waals surface area contributed by atoms with Crippen LogP contribution in [-0.2, 0) is 0 Å². The van der Waals surface area contributed by atoms with E-state index in [9.17, 15) is 0 Å². The van der Waals surface area contributed by atoms with E-state index < -0.39 is 0 Å². The lowest BCUT2D eigenvalue weighted by molar-refractivity contribution is 0.306. The Morgan fingerprint density at radius 2 is 1.75 bits per heavy atom. The van der Waals surface area contributed by atoms with Gasteiger partial charge in [0, 0.05) is 0 Å². The van der Waals surface area contributed by atoms with Crippen molar-refractivity contribution in [3.63, 3.8) is 0 Å². The number of rotatable bonds is 6. The van der Waals surface area contributed by atoms with E-state index in [0.717, 1.165) is 29.9 Å². The molecule has 102 valence electrons. The number of ether oxygens (including phenoxy) is 1. The summed E-state index contributed by atoms with van der Waals surface area (Å²) in [4.78, 5) is 0. The Morgan fingerprint density at radius 1 is 1.00 bits per heavy atom. The molecule has 2 aromatic carbocycles. The van der Waals surface area contributed by atoms with Crippen LogP contribution < -0.4 is 4.74 Å². The van der Waals surface area contributed by atoms with Crippen LogP contribution in [0.4, 0.5) is 0 Å². The van der Waals surface area contributed by atoms with Crippen molar-refractivity contribution in [1.29, 1.82) is 5.26 Å². The van der Waals surface area contributed by atoms with E-state index in [4.69, 9.17) is 10.00 Å².